The number of methoxy groups -OCH3 is 1. The molecular weight excluding hydrogens is 552 g/mol. The highest BCUT2D eigenvalue weighted by Crippen LogP contribution is 2.27. The van der Waals surface area contributed by atoms with Crippen molar-refractivity contribution in [1.82, 2.24) is 10.3 Å². The van der Waals surface area contributed by atoms with Crippen molar-refractivity contribution < 1.29 is 38.4 Å². The average Bonchev–Trinajstić information content (AvgIpc) is 3.07. The van der Waals surface area contributed by atoms with Gasteiger partial charge < -0.3 is 34.1 Å². The van der Waals surface area contributed by atoms with Gasteiger partial charge in [0, 0.05) is 25.5 Å². The van der Waals surface area contributed by atoms with Crippen LogP contribution in [0.25, 0.3) is 0 Å². The van der Waals surface area contributed by atoms with Gasteiger partial charge in [0.1, 0.15) is 18.3 Å². The molecule has 4 atom stereocenters. The first-order chi connectivity index (χ1) is 21.0. The number of aryl methyl sites for hydroxylation is 2. The summed E-state index contributed by atoms with van der Waals surface area (Å²) in [4.78, 5) is 30.0. The van der Waals surface area contributed by atoms with Crippen LogP contribution in [0.4, 0.5) is 0 Å². The maximum Gasteiger partial charge on any atom is 0.331 e. The molecule has 230 valence electrons. The molecule has 2 heterocycles. The van der Waals surface area contributed by atoms with E-state index in [1.807, 2.05) is 36.4 Å². The second-order valence-corrected chi connectivity index (χ2v) is 10.3. The van der Waals surface area contributed by atoms with Gasteiger partial charge in [0.05, 0.1) is 20.3 Å². The summed E-state index contributed by atoms with van der Waals surface area (Å²) < 4.78 is 29.3. The molecule has 43 heavy (non-hydrogen) atoms. The molecule has 0 unspecified atom stereocenters. The van der Waals surface area contributed by atoms with E-state index in [-0.39, 0.29) is 24.7 Å². The molecule has 0 bridgehead atoms. The van der Waals surface area contributed by atoms with Crippen LogP contribution in [-0.4, -0.2) is 79.9 Å². The number of esters is 1. The number of hydrogen-bond donors (Lipinski definition) is 2. The molecule has 4 rings (SSSR count). The fourth-order valence-electron chi connectivity index (χ4n) is 4.88. The van der Waals surface area contributed by atoms with E-state index in [4.69, 9.17) is 23.7 Å². The van der Waals surface area contributed by atoms with E-state index < -0.39 is 42.0 Å². The molecule has 0 aliphatic carbocycles. The minimum absolute atomic E-state index is 0.0848. The predicted molar refractivity (Wildman–Crippen MR) is 159 cm³/mol. The summed E-state index contributed by atoms with van der Waals surface area (Å²) in [5.41, 5.74) is 2.16. The van der Waals surface area contributed by atoms with Crippen LogP contribution >= 0.6 is 0 Å². The van der Waals surface area contributed by atoms with Crippen LogP contribution in [-0.2, 0) is 36.6 Å². The molecular formula is C33H40N2O8. The van der Waals surface area contributed by atoms with Gasteiger partial charge in [0.15, 0.2) is 23.2 Å². The largest absolute Gasteiger partial charge is 0.503 e. The number of hydrogen-bond acceptors (Lipinski definition) is 9. The van der Waals surface area contributed by atoms with Gasteiger partial charge in [-0.05, 0) is 43.7 Å². The quantitative estimate of drug-likeness (QED) is 0.225. The van der Waals surface area contributed by atoms with Crippen LogP contribution in [0.3, 0.4) is 0 Å². The third-order valence-corrected chi connectivity index (χ3v) is 7.16. The van der Waals surface area contributed by atoms with E-state index >= 15 is 0 Å². The van der Waals surface area contributed by atoms with Gasteiger partial charge in [0.2, 0.25) is 0 Å². The van der Waals surface area contributed by atoms with Crippen molar-refractivity contribution in [3.63, 3.8) is 0 Å². The molecule has 1 amide bonds. The summed E-state index contributed by atoms with van der Waals surface area (Å²) in [5.74, 6) is -1.80. The standard InChI is InChI=1S/C33H40N2O8/c1-23-31(42-20-10-16-25-13-7-4-8-14-25)28(41-19-9-15-24-11-5-3-6-12-24)22-40-21-26(33(38)43-23)35-32(37)29-30(36)27(39-2)17-18-34-29/h3-8,11-14,17-18,23,26,28,31,36H,9-10,15-16,19-22H2,1-2H3,(H,35,37)/t23-,26-,28-,31-/m0/s1. The van der Waals surface area contributed by atoms with Gasteiger partial charge >= 0.3 is 5.97 Å². The predicted octanol–water partition coefficient (Wildman–Crippen LogP) is 3.89. The molecule has 0 radical (unpaired) electrons. The lowest BCUT2D eigenvalue weighted by Crippen LogP contribution is -2.47. The Balaban J connectivity index is 1.40. The lowest BCUT2D eigenvalue weighted by atomic mass is 10.1. The summed E-state index contributed by atoms with van der Waals surface area (Å²) in [6, 6.07) is 20.6. The Labute approximate surface area is 252 Å². The van der Waals surface area contributed by atoms with Gasteiger partial charge in [-0.25, -0.2) is 9.78 Å². The van der Waals surface area contributed by atoms with E-state index in [9.17, 15) is 14.7 Å². The van der Waals surface area contributed by atoms with Crippen molar-refractivity contribution in [1.29, 1.82) is 0 Å². The first-order valence-electron chi connectivity index (χ1n) is 14.6. The molecule has 1 aliphatic heterocycles. The number of rotatable bonds is 13. The Bertz CT molecular complexity index is 1290. The minimum Gasteiger partial charge on any atom is -0.503 e. The number of benzene rings is 2. The Morgan fingerprint density at radius 3 is 2.21 bits per heavy atom. The highest BCUT2D eigenvalue weighted by atomic mass is 16.6. The number of nitrogens with zero attached hydrogens (tertiary/aromatic N) is 1. The van der Waals surface area contributed by atoms with Crippen molar-refractivity contribution in [2.45, 2.75) is 57.0 Å². The average molecular weight is 593 g/mol. The van der Waals surface area contributed by atoms with Gasteiger partial charge in [-0.3, -0.25) is 4.79 Å². The molecule has 10 nitrogen and oxygen atoms in total. The van der Waals surface area contributed by atoms with Crippen molar-refractivity contribution >= 4 is 11.9 Å². The third-order valence-electron chi connectivity index (χ3n) is 7.16. The highest BCUT2D eigenvalue weighted by Gasteiger charge is 2.36. The van der Waals surface area contributed by atoms with Gasteiger partial charge in [-0.2, -0.15) is 0 Å². The number of carbonyl (C=O) groups excluding carboxylic acids is 2. The second kappa shape index (κ2) is 16.6. The molecule has 2 N–H and O–H groups in total. The summed E-state index contributed by atoms with van der Waals surface area (Å²) in [7, 11) is 1.36. The van der Waals surface area contributed by atoms with Crippen LogP contribution in [0.5, 0.6) is 11.5 Å². The van der Waals surface area contributed by atoms with Crippen LogP contribution in [0.15, 0.2) is 72.9 Å². The van der Waals surface area contributed by atoms with Gasteiger partial charge in [0.25, 0.3) is 5.91 Å². The van der Waals surface area contributed by atoms with Crippen LogP contribution < -0.4 is 10.1 Å². The van der Waals surface area contributed by atoms with Crippen molar-refractivity contribution in [2.75, 3.05) is 33.5 Å². The molecule has 1 aromatic heterocycles. The van der Waals surface area contributed by atoms with Gasteiger partial charge in [-0.1, -0.05) is 60.7 Å². The van der Waals surface area contributed by atoms with E-state index in [2.05, 4.69) is 34.6 Å². The lowest BCUT2D eigenvalue weighted by molar-refractivity contribution is -0.167. The topological polar surface area (TPSA) is 125 Å². The van der Waals surface area contributed by atoms with Gasteiger partial charge in [-0.15, -0.1) is 0 Å². The Morgan fingerprint density at radius 1 is 0.953 bits per heavy atom. The van der Waals surface area contributed by atoms with Crippen LogP contribution in [0, 0.1) is 0 Å². The molecule has 0 saturated carbocycles. The highest BCUT2D eigenvalue weighted by molar-refractivity contribution is 5.98. The number of aromatic hydroxyl groups is 1. The van der Waals surface area contributed by atoms with Crippen LogP contribution in [0.1, 0.15) is 41.4 Å². The molecule has 2 aromatic carbocycles. The first-order valence-corrected chi connectivity index (χ1v) is 14.6. The Hall–Kier alpha value is -3.99. The fraction of sp³-hybridized carbons (Fsp3) is 0.424. The minimum atomic E-state index is -1.14. The lowest BCUT2D eigenvalue weighted by Gasteiger charge is -2.30. The Kier molecular flexibility index (Phi) is 12.3. The maximum absolute atomic E-state index is 13.2. The smallest absolute Gasteiger partial charge is 0.331 e. The Morgan fingerprint density at radius 2 is 1.58 bits per heavy atom. The molecule has 1 saturated heterocycles. The maximum atomic E-state index is 13.2. The number of pyridine rings is 1. The SMILES string of the molecule is COc1ccnc(C(=O)N[C@H]2COC[C@H](OCCCc3ccccc3)[C@@H](OCCCc3ccccc3)[C@H](C)OC2=O)c1O. The normalized spacial score (nSPS) is 20.7. The zero-order chi connectivity index (χ0) is 30.4. The fourth-order valence-corrected chi connectivity index (χ4v) is 4.88. The summed E-state index contributed by atoms with van der Waals surface area (Å²) in [6.07, 6.45) is 2.83. The number of ether oxygens (including phenoxy) is 5. The molecule has 0 spiro atoms. The summed E-state index contributed by atoms with van der Waals surface area (Å²) >= 11 is 0. The second-order valence-electron chi connectivity index (χ2n) is 10.3. The first kappa shape index (κ1) is 31.9. The molecule has 1 fully saturated rings. The molecule has 3 aromatic rings. The number of nitrogens with one attached hydrogen (secondary N) is 1. The van der Waals surface area contributed by atoms with Crippen LogP contribution in [0.2, 0.25) is 0 Å². The molecule has 1 aliphatic rings. The number of carbonyl (C=O) groups is 2. The third kappa shape index (κ3) is 9.51. The number of amides is 1. The monoisotopic (exact) mass is 592 g/mol. The van der Waals surface area contributed by atoms with E-state index in [1.54, 1.807) is 6.92 Å². The zero-order valence-corrected chi connectivity index (χ0v) is 24.6. The van der Waals surface area contributed by atoms with E-state index in [0.29, 0.717) is 13.2 Å². The van der Waals surface area contributed by atoms with E-state index in [0.717, 1.165) is 25.7 Å². The number of cyclic esters (lactones) is 1. The molecule has 10 heteroatoms. The number of aromatic nitrogens is 1. The zero-order valence-electron chi connectivity index (χ0n) is 24.6. The van der Waals surface area contributed by atoms with E-state index in [1.165, 1.54) is 30.5 Å². The van der Waals surface area contributed by atoms with Crippen molar-refractivity contribution in [3.05, 3.63) is 89.7 Å². The summed E-state index contributed by atoms with van der Waals surface area (Å²) in [5, 5.41) is 12.9. The van der Waals surface area contributed by atoms with Crippen molar-refractivity contribution in [2.24, 2.45) is 0 Å². The van der Waals surface area contributed by atoms with Crippen molar-refractivity contribution in [3.8, 4) is 11.5 Å². The summed E-state index contributed by atoms with van der Waals surface area (Å²) in [6.45, 7) is 2.62.